The minimum absolute atomic E-state index is 0.0724. The van der Waals surface area contributed by atoms with Gasteiger partial charge in [-0.1, -0.05) is 52.8 Å². The first-order valence-electron chi connectivity index (χ1n) is 14.4. The molecule has 0 bridgehead atoms. The van der Waals surface area contributed by atoms with Crippen LogP contribution in [0, 0.1) is 0 Å². The quantitative estimate of drug-likeness (QED) is 0.209. The number of aliphatic hydroxyl groups excluding tert-OH is 1. The SMILES string of the molecule is CCN(C)CCCCN1/C(=C/C2=C(O)C(=C/C3=Nc4ccc(S(=O)(=O)O)cc4C3(C)C)/C2=O)C(C)(C)c2ccccc21. The molecule has 0 saturated carbocycles. The molecular weight excluding hydrogens is 550 g/mol. The van der Waals surface area contributed by atoms with Crippen LogP contribution in [0.15, 0.2) is 87.1 Å². The number of Topliss-reactive ketones (excluding diaryl/α,β-unsaturated/α-hetero) is 1. The van der Waals surface area contributed by atoms with E-state index >= 15 is 0 Å². The third kappa shape index (κ3) is 5.03. The van der Waals surface area contributed by atoms with Crippen LogP contribution >= 0.6 is 0 Å². The number of carbonyl (C=O) groups is 1. The lowest BCUT2D eigenvalue weighted by Crippen LogP contribution is -2.31. The third-order valence-electron chi connectivity index (χ3n) is 8.89. The molecule has 42 heavy (non-hydrogen) atoms. The van der Waals surface area contributed by atoms with Crippen molar-refractivity contribution in [1.82, 2.24) is 4.90 Å². The Hall–Kier alpha value is -3.53. The molecule has 2 aromatic rings. The summed E-state index contributed by atoms with van der Waals surface area (Å²) in [6, 6.07) is 12.5. The Labute approximate surface area is 248 Å². The number of hydrogen-bond acceptors (Lipinski definition) is 7. The van der Waals surface area contributed by atoms with Crippen LogP contribution in [0.1, 0.15) is 58.6 Å². The Bertz CT molecular complexity index is 1700. The van der Waals surface area contributed by atoms with E-state index in [0.29, 0.717) is 17.0 Å². The lowest BCUT2D eigenvalue weighted by Gasteiger charge is -2.29. The highest BCUT2D eigenvalue weighted by atomic mass is 32.2. The molecule has 0 radical (unpaired) electrons. The van der Waals surface area contributed by atoms with Gasteiger partial charge in [-0.25, -0.2) is 0 Å². The zero-order chi connectivity index (χ0) is 30.6. The number of rotatable bonds is 9. The Morgan fingerprint density at radius 2 is 1.71 bits per heavy atom. The first kappa shape index (κ1) is 29.9. The molecule has 2 N–H and O–H groups in total. The summed E-state index contributed by atoms with van der Waals surface area (Å²) in [5, 5.41) is 11.1. The normalized spacial score (nSPS) is 20.8. The number of aliphatic imine (C=N–C) groups is 1. The van der Waals surface area contributed by atoms with Gasteiger partial charge in [-0.05, 0) is 80.5 Å². The van der Waals surface area contributed by atoms with Crippen molar-refractivity contribution in [2.24, 2.45) is 4.99 Å². The van der Waals surface area contributed by atoms with E-state index in [2.05, 4.69) is 54.7 Å². The third-order valence-corrected chi connectivity index (χ3v) is 9.74. The molecule has 2 aromatic carbocycles. The zero-order valence-corrected chi connectivity index (χ0v) is 25.9. The highest BCUT2D eigenvalue weighted by Crippen LogP contribution is 2.49. The molecule has 1 aliphatic carbocycles. The number of carbonyl (C=O) groups excluding carboxylic acids is 1. The number of anilines is 1. The van der Waals surface area contributed by atoms with Crippen LogP contribution in [-0.2, 0) is 25.7 Å². The second-order valence-electron chi connectivity index (χ2n) is 12.4. The van der Waals surface area contributed by atoms with Gasteiger partial charge in [0.05, 0.1) is 27.4 Å². The largest absolute Gasteiger partial charge is 0.506 e. The molecule has 0 saturated heterocycles. The number of para-hydroxylation sites is 1. The number of nitrogens with zero attached hydrogens (tertiary/aromatic N) is 3. The van der Waals surface area contributed by atoms with Gasteiger partial charge in [-0.15, -0.1) is 0 Å². The Balaban J connectivity index is 1.45. The van der Waals surface area contributed by atoms with Gasteiger partial charge < -0.3 is 14.9 Å². The fourth-order valence-corrected chi connectivity index (χ4v) is 6.54. The second-order valence-corrected chi connectivity index (χ2v) is 13.8. The van der Waals surface area contributed by atoms with Gasteiger partial charge in [0, 0.05) is 28.8 Å². The summed E-state index contributed by atoms with van der Waals surface area (Å²) in [5.74, 6) is -0.332. The standard InChI is InChI=1S/C33H39N3O5S/c1-7-35(6)16-10-11-17-36-27-13-9-8-12-24(27)33(4,5)29(36)20-23-30(37)22(31(23)38)19-28-32(2,3)25-18-21(42(39,40)41)14-15-26(25)34-28/h8-9,12-15,18-20,37H,7,10-11,16-17H2,1-6H3,(H,39,40,41)/b22-19-,29-20+. The highest BCUT2D eigenvalue weighted by molar-refractivity contribution is 7.85. The van der Waals surface area contributed by atoms with Crippen molar-refractivity contribution in [2.75, 3.05) is 31.6 Å². The molecule has 9 heteroatoms. The van der Waals surface area contributed by atoms with Crippen molar-refractivity contribution in [2.45, 2.75) is 63.2 Å². The Kier molecular flexibility index (Phi) is 7.58. The first-order valence-corrected chi connectivity index (χ1v) is 15.8. The molecule has 5 rings (SSSR count). The van der Waals surface area contributed by atoms with Gasteiger partial charge in [0.1, 0.15) is 5.76 Å². The van der Waals surface area contributed by atoms with E-state index in [9.17, 15) is 22.9 Å². The summed E-state index contributed by atoms with van der Waals surface area (Å²) >= 11 is 0. The van der Waals surface area contributed by atoms with E-state index in [1.54, 1.807) is 6.08 Å². The van der Waals surface area contributed by atoms with Crippen molar-refractivity contribution in [3.63, 3.8) is 0 Å². The number of aliphatic hydroxyl groups is 1. The van der Waals surface area contributed by atoms with Crippen molar-refractivity contribution >= 4 is 33.0 Å². The average molecular weight is 590 g/mol. The Morgan fingerprint density at radius 1 is 1.00 bits per heavy atom. The van der Waals surface area contributed by atoms with Crippen molar-refractivity contribution in [1.29, 1.82) is 0 Å². The van der Waals surface area contributed by atoms with Crippen LogP contribution in [0.25, 0.3) is 0 Å². The van der Waals surface area contributed by atoms with Crippen LogP contribution in [0.3, 0.4) is 0 Å². The van der Waals surface area contributed by atoms with Gasteiger partial charge in [-0.3, -0.25) is 14.3 Å². The van der Waals surface area contributed by atoms with E-state index in [1.165, 1.54) is 23.8 Å². The van der Waals surface area contributed by atoms with Gasteiger partial charge in [0.25, 0.3) is 10.1 Å². The maximum absolute atomic E-state index is 13.5. The maximum atomic E-state index is 13.5. The summed E-state index contributed by atoms with van der Waals surface area (Å²) in [6.45, 7) is 13.0. The number of benzene rings is 2. The van der Waals surface area contributed by atoms with Crippen LogP contribution < -0.4 is 4.90 Å². The number of fused-ring (bicyclic) bond motifs is 2. The van der Waals surface area contributed by atoms with E-state index in [0.717, 1.165) is 43.9 Å². The molecule has 8 nitrogen and oxygen atoms in total. The highest BCUT2D eigenvalue weighted by Gasteiger charge is 2.43. The molecule has 2 aliphatic heterocycles. The second kappa shape index (κ2) is 10.6. The van der Waals surface area contributed by atoms with Gasteiger partial charge in [0.15, 0.2) is 0 Å². The Morgan fingerprint density at radius 3 is 2.38 bits per heavy atom. The molecule has 222 valence electrons. The molecule has 3 aliphatic rings. The fraction of sp³-hybridized carbons (Fsp3) is 0.394. The minimum atomic E-state index is -4.37. The lowest BCUT2D eigenvalue weighted by atomic mass is 9.77. The van der Waals surface area contributed by atoms with E-state index in [-0.39, 0.29) is 33.0 Å². The summed E-state index contributed by atoms with van der Waals surface area (Å²) in [6.07, 6.45) is 5.47. The maximum Gasteiger partial charge on any atom is 0.294 e. The van der Waals surface area contributed by atoms with Gasteiger partial charge in [0.2, 0.25) is 5.78 Å². The average Bonchev–Trinajstić information content (AvgIpc) is 3.32. The monoisotopic (exact) mass is 589 g/mol. The van der Waals surface area contributed by atoms with Crippen molar-refractivity contribution in [3.8, 4) is 0 Å². The first-order chi connectivity index (χ1) is 19.7. The zero-order valence-electron chi connectivity index (χ0n) is 25.1. The molecule has 0 aromatic heterocycles. The lowest BCUT2D eigenvalue weighted by molar-refractivity contribution is -0.113. The fourth-order valence-electron chi connectivity index (χ4n) is 6.03. The summed E-state index contributed by atoms with van der Waals surface area (Å²) in [4.78, 5) is 22.4. The van der Waals surface area contributed by atoms with Crippen LogP contribution in [0.2, 0.25) is 0 Å². The molecule has 0 amide bonds. The molecule has 0 unspecified atom stereocenters. The number of ketones is 1. The summed E-state index contributed by atoms with van der Waals surface area (Å²) < 4.78 is 32.9. The minimum Gasteiger partial charge on any atom is -0.506 e. The predicted molar refractivity (Wildman–Crippen MR) is 166 cm³/mol. The number of unbranched alkanes of at least 4 members (excludes halogenated alkanes) is 1. The summed E-state index contributed by atoms with van der Waals surface area (Å²) in [7, 11) is -2.25. The molecular formula is C33H39N3O5S. The van der Waals surface area contributed by atoms with E-state index in [4.69, 9.17) is 0 Å². The topological polar surface area (TPSA) is 111 Å². The van der Waals surface area contributed by atoms with Gasteiger partial charge >= 0.3 is 0 Å². The molecule has 0 spiro atoms. The molecule has 2 heterocycles. The van der Waals surface area contributed by atoms with Crippen LogP contribution in [-0.4, -0.2) is 61.2 Å². The number of allylic oxidation sites excluding steroid dienone is 5. The van der Waals surface area contributed by atoms with Gasteiger partial charge in [-0.2, -0.15) is 8.42 Å². The predicted octanol–water partition coefficient (Wildman–Crippen LogP) is 6.03. The summed E-state index contributed by atoms with van der Waals surface area (Å²) in [5.41, 5.74) is 4.36. The van der Waals surface area contributed by atoms with E-state index in [1.807, 2.05) is 32.1 Å². The smallest absolute Gasteiger partial charge is 0.294 e. The van der Waals surface area contributed by atoms with Crippen molar-refractivity contribution in [3.05, 3.63) is 88.3 Å². The number of hydrogen-bond donors (Lipinski definition) is 2. The van der Waals surface area contributed by atoms with Crippen LogP contribution in [0.5, 0.6) is 0 Å². The van der Waals surface area contributed by atoms with E-state index < -0.39 is 15.5 Å². The molecule has 0 fully saturated rings. The van der Waals surface area contributed by atoms with Crippen LogP contribution in [0.4, 0.5) is 11.4 Å². The molecule has 0 atom stereocenters. The van der Waals surface area contributed by atoms with Crippen molar-refractivity contribution < 1.29 is 22.9 Å².